The molecule has 1 heterocycles. The van der Waals surface area contributed by atoms with Crippen LogP contribution in [-0.2, 0) is 30.6 Å². The number of carbonyl (C=O) groups is 2. The minimum absolute atomic E-state index is 0.294. The molecule has 0 radical (unpaired) electrons. The maximum absolute atomic E-state index is 12.0. The van der Waals surface area contributed by atoms with Crippen LogP contribution in [0.3, 0.4) is 0 Å². The summed E-state index contributed by atoms with van der Waals surface area (Å²) in [5.74, 6) is 3.22. The Morgan fingerprint density at radius 1 is 1.20 bits per heavy atom. The van der Waals surface area contributed by atoms with Crippen LogP contribution in [0.2, 0.25) is 0 Å². The summed E-state index contributed by atoms with van der Waals surface area (Å²) in [7, 11) is -4.02. The lowest BCUT2D eigenvalue weighted by Gasteiger charge is -2.32. The minimum atomic E-state index is -4.49. The topological polar surface area (TPSA) is 91.3 Å². The molecule has 3 fully saturated rings. The normalized spacial score (nSPS) is 34.5. The third kappa shape index (κ3) is 3.98. The molecular weight excluding hydrogens is 360 g/mol. The molecule has 3 unspecified atom stereocenters. The zero-order valence-electron chi connectivity index (χ0n) is 15.7. The van der Waals surface area contributed by atoms with Crippen molar-refractivity contribution in [1.82, 2.24) is 0 Å². The van der Waals surface area contributed by atoms with Crippen LogP contribution in [0.15, 0.2) is 0 Å². The van der Waals surface area contributed by atoms with Crippen LogP contribution >= 0.6 is 0 Å². The molecule has 7 heteroatoms. The Morgan fingerprint density at radius 3 is 2.12 bits per heavy atom. The molecule has 2 bridgehead atoms. The minimum Gasteiger partial charge on any atom is -0.747 e. The van der Waals surface area contributed by atoms with Crippen LogP contribution in [0.1, 0.15) is 59.8 Å². The second-order valence-corrected chi connectivity index (χ2v) is 12.2. The Labute approximate surface area is 154 Å². The summed E-state index contributed by atoms with van der Waals surface area (Å²) in [6, 6.07) is 0. The van der Waals surface area contributed by atoms with Gasteiger partial charge in [-0.15, -0.1) is 0 Å². The second-order valence-electron chi connectivity index (χ2n) is 8.40. The average Bonchev–Trinajstić information content (AvgIpc) is 2.79. The average molecular weight is 391 g/mol. The van der Waals surface area contributed by atoms with Gasteiger partial charge in [0.15, 0.2) is 17.3 Å². The molecule has 3 atom stereocenters. The van der Waals surface area contributed by atoms with E-state index >= 15 is 0 Å². The second kappa shape index (κ2) is 7.31. The third-order valence-electron chi connectivity index (χ3n) is 6.56. The van der Waals surface area contributed by atoms with E-state index in [9.17, 15) is 22.6 Å². The highest BCUT2D eigenvalue weighted by Crippen LogP contribution is 2.64. The summed E-state index contributed by atoms with van der Waals surface area (Å²) in [6.45, 7) is 7.30. The van der Waals surface area contributed by atoms with Crippen molar-refractivity contribution in [2.75, 3.05) is 17.3 Å². The van der Waals surface area contributed by atoms with Gasteiger partial charge in [-0.3, -0.25) is 9.59 Å². The Kier molecular flexibility index (Phi) is 6.12. The van der Waals surface area contributed by atoms with Crippen LogP contribution in [0, 0.1) is 16.7 Å². The van der Waals surface area contributed by atoms with Gasteiger partial charge in [-0.1, -0.05) is 20.8 Å². The Hall–Kier alpha value is -0.400. The van der Waals surface area contributed by atoms with E-state index < -0.39 is 20.8 Å². The zero-order chi connectivity index (χ0) is 19.0. The first-order chi connectivity index (χ1) is 11.4. The first-order valence-electron chi connectivity index (χ1n) is 9.04. The van der Waals surface area contributed by atoms with E-state index in [1.54, 1.807) is 13.8 Å². The lowest BCUT2D eigenvalue weighted by atomic mass is 9.70. The molecule has 25 heavy (non-hydrogen) atoms. The van der Waals surface area contributed by atoms with Crippen molar-refractivity contribution in [3.63, 3.8) is 0 Å². The van der Waals surface area contributed by atoms with Crippen molar-refractivity contribution >= 4 is 32.6 Å². The SMILES string of the molecule is CC(=O)C[S+]1CCCCC1.CC12CCC(C(S(=O)(=O)[O-])C1=O)C2(C)C. The number of ketones is 2. The first kappa shape index (κ1) is 20.9. The number of hydrogen-bond acceptors (Lipinski definition) is 5. The van der Waals surface area contributed by atoms with Gasteiger partial charge in [-0.25, -0.2) is 8.42 Å². The molecule has 0 aromatic carbocycles. The number of fused-ring (bicyclic) bond motifs is 2. The molecule has 3 aliphatic rings. The van der Waals surface area contributed by atoms with Gasteiger partial charge in [0.2, 0.25) is 0 Å². The maximum atomic E-state index is 12.0. The van der Waals surface area contributed by atoms with Gasteiger partial charge in [0.1, 0.15) is 26.9 Å². The van der Waals surface area contributed by atoms with Gasteiger partial charge < -0.3 is 4.55 Å². The van der Waals surface area contributed by atoms with E-state index in [2.05, 4.69) is 0 Å². The number of Topliss-reactive ketones (excluding diaryl/α,β-unsaturated/α-hetero) is 2. The molecule has 0 aromatic rings. The summed E-state index contributed by atoms with van der Waals surface area (Å²) in [5.41, 5.74) is -0.994. The number of rotatable bonds is 3. The van der Waals surface area contributed by atoms with E-state index in [4.69, 9.17) is 0 Å². The third-order valence-corrected chi connectivity index (χ3v) is 10.3. The first-order valence-corrected chi connectivity index (χ1v) is 12.2. The van der Waals surface area contributed by atoms with E-state index in [1.807, 2.05) is 13.8 Å². The molecular formula is C18H30O5S2. The van der Waals surface area contributed by atoms with Crippen LogP contribution in [0.4, 0.5) is 0 Å². The molecule has 1 saturated heterocycles. The van der Waals surface area contributed by atoms with Gasteiger partial charge in [-0.05, 0) is 61.3 Å². The highest BCUT2D eigenvalue weighted by Gasteiger charge is 2.67. The molecule has 2 saturated carbocycles. The smallest absolute Gasteiger partial charge is 0.178 e. The van der Waals surface area contributed by atoms with Crippen LogP contribution in [0.5, 0.6) is 0 Å². The van der Waals surface area contributed by atoms with Crippen LogP contribution < -0.4 is 0 Å². The lowest BCUT2D eigenvalue weighted by molar-refractivity contribution is -0.128. The number of carbonyl (C=O) groups excluding carboxylic acids is 2. The zero-order valence-corrected chi connectivity index (χ0v) is 17.3. The van der Waals surface area contributed by atoms with Crippen molar-refractivity contribution < 1.29 is 22.6 Å². The highest BCUT2D eigenvalue weighted by atomic mass is 32.2. The van der Waals surface area contributed by atoms with E-state index in [0.717, 1.165) is 5.75 Å². The predicted octanol–water partition coefficient (Wildman–Crippen LogP) is 2.30. The van der Waals surface area contributed by atoms with Gasteiger partial charge >= 0.3 is 0 Å². The van der Waals surface area contributed by atoms with Gasteiger partial charge in [-0.2, -0.15) is 0 Å². The van der Waals surface area contributed by atoms with Crippen LogP contribution in [0.25, 0.3) is 0 Å². The molecule has 0 N–H and O–H groups in total. The highest BCUT2D eigenvalue weighted by molar-refractivity contribution is 7.97. The molecule has 1 aliphatic heterocycles. The summed E-state index contributed by atoms with van der Waals surface area (Å²) >= 11 is 0. The Morgan fingerprint density at radius 2 is 1.76 bits per heavy atom. The van der Waals surface area contributed by atoms with Crippen molar-refractivity contribution in [3.05, 3.63) is 0 Å². The van der Waals surface area contributed by atoms with Crippen molar-refractivity contribution in [2.45, 2.75) is 65.0 Å². The fourth-order valence-corrected chi connectivity index (χ4v) is 8.35. The monoisotopic (exact) mass is 390 g/mol. The van der Waals surface area contributed by atoms with E-state index in [-0.39, 0.29) is 17.1 Å². The molecule has 0 aromatic heterocycles. The number of hydrogen-bond donors (Lipinski definition) is 0. The summed E-state index contributed by atoms with van der Waals surface area (Å²) < 4.78 is 33.3. The van der Waals surface area contributed by atoms with Crippen LogP contribution in [-0.4, -0.2) is 47.0 Å². The van der Waals surface area contributed by atoms with Gasteiger partial charge in [0, 0.05) is 5.41 Å². The predicted molar refractivity (Wildman–Crippen MR) is 99.6 cm³/mol. The molecule has 0 amide bonds. The molecule has 2 aliphatic carbocycles. The maximum Gasteiger partial charge on any atom is 0.178 e. The fourth-order valence-electron chi connectivity index (χ4n) is 4.66. The standard InChI is InChI=1S/C10H16O4S.C8H15OS/c1-9(2)6-4-5-10(9,3)8(11)7(6)15(12,13)14;1-8(9)7-10-5-3-2-4-6-10/h6-7H,4-5H2,1-3H3,(H,12,13,14);2-7H2,1H3/q;+1/p-1. The Bertz CT molecular complexity index is 634. The summed E-state index contributed by atoms with van der Waals surface area (Å²) in [4.78, 5) is 22.7. The van der Waals surface area contributed by atoms with Gasteiger partial charge in [0.05, 0.1) is 0 Å². The summed E-state index contributed by atoms with van der Waals surface area (Å²) in [5, 5.41) is -1.30. The quantitative estimate of drug-likeness (QED) is 0.545. The molecule has 5 nitrogen and oxygen atoms in total. The Balaban J connectivity index is 0.000000196. The molecule has 3 rings (SSSR count). The van der Waals surface area contributed by atoms with Crippen molar-refractivity contribution in [3.8, 4) is 0 Å². The molecule has 0 spiro atoms. The van der Waals surface area contributed by atoms with Crippen molar-refractivity contribution in [2.24, 2.45) is 16.7 Å². The van der Waals surface area contributed by atoms with E-state index in [1.165, 1.54) is 30.8 Å². The van der Waals surface area contributed by atoms with Gasteiger partial charge in [0.25, 0.3) is 0 Å². The lowest BCUT2D eigenvalue weighted by Crippen LogP contribution is -2.38. The van der Waals surface area contributed by atoms with E-state index in [0.29, 0.717) is 29.5 Å². The van der Waals surface area contributed by atoms with Crippen molar-refractivity contribution in [1.29, 1.82) is 0 Å². The molecule has 144 valence electrons. The summed E-state index contributed by atoms with van der Waals surface area (Å²) in [6.07, 6.45) is 5.48. The largest absolute Gasteiger partial charge is 0.747 e. The fraction of sp³-hybridized carbons (Fsp3) is 0.889.